The number of hydrogen-bond donors (Lipinski definition) is 2. The van der Waals surface area contributed by atoms with Crippen molar-refractivity contribution in [1.29, 1.82) is 0 Å². The van der Waals surface area contributed by atoms with E-state index in [1.807, 2.05) is 0 Å². The predicted molar refractivity (Wildman–Crippen MR) is 92.7 cm³/mol. The molecule has 4 nitrogen and oxygen atoms in total. The van der Waals surface area contributed by atoms with E-state index in [-0.39, 0.29) is 11.3 Å². The lowest BCUT2D eigenvalue weighted by Crippen LogP contribution is -2.17. The van der Waals surface area contributed by atoms with Gasteiger partial charge in [-0.15, -0.1) is 0 Å². The van der Waals surface area contributed by atoms with Gasteiger partial charge >= 0.3 is 0 Å². The number of amides is 1. The lowest BCUT2D eigenvalue weighted by Gasteiger charge is -2.06. The maximum Gasteiger partial charge on any atom is 0.271 e. The van der Waals surface area contributed by atoms with Crippen LogP contribution < -0.4 is 5.43 Å². The summed E-state index contributed by atoms with van der Waals surface area (Å²) in [6.07, 6.45) is 1.36. The van der Waals surface area contributed by atoms with Crippen LogP contribution in [-0.2, 0) is 0 Å². The van der Waals surface area contributed by atoms with Gasteiger partial charge in [0.25, 0.3) is 5.91 Å². The fraction of sp³-hybridized carbons (Fsp3) is 0. The minimum Gasteiger partial charge on any atom is -0.506 e. The third-order valence-electron chi connectivity index (χ3n) is 2.63. The van der Waals surface area contributed by atoms with E-state index in [4.69, 9.17) is 0 Å². The van der Waals surface area contributed by atoms with Crippen LogP contribution in [0, 0.1) is 5.82 Å². The largest absolute Gasteiger partial charge is 0.506 e. The standard InChI is InChI=1S/C14H8Br3FN2O2/c15-10-5-11(16)13(21)12(17)9(10)6-19-20-14(22)7-2-1-3-8(18)4-7/h1-6,21H,(H,20,22)/b19-6-. The number of phenolic OH excluding ortho intramolecular Hbond substituents is 1. The smallest absolute Gasteiger partial charge is 0.271 e. The summed E-state index contributed by atoms with van der Waals surface area (Å²) in [7, 11) is 0. The van der Waals surface area contributed by atoms with Gasteiger partial charge in [0.05, 0.1) is 15.2 Å². The number of aromatic hydroxyl groups is 1. The van der Waals surface area contributed by atoms with E-state index in [0.29, 0.717) is 19.0 Å². The first-order valence-electron chi connectivity index (χ1n) is 5.85. The Morgan fingerprint density at radius 3 is 2.64 bits per heavy atom. The molecule has 0 saturated carbocycles. The summed E-state index contributed by atoms with van der Waals surface area (Å²) >= 11 is 9.77. The van der Waals surface area contributed by atoms with E-state index in [1.54, 1.807) is 6.07 Å². The molecule has 1 amide bonds. The van der Waals surface area contributed by atoms with Crippen LogP contribution in [0.3, 0.4) is 0 Å². The molecule has 0 aliphatic heterocycles. The predicted octanol–water partition coefficient (Wildman–Crippen LogP) is 4.58. The number of hydrazone groups is 1. The maximum absolute atomic E-state index is 13.0. The second kappa shape index (κ2) is 7.34. The highest BCUT2D eigenvalue weighted by Gasteiger charge is 2.12. The Kier molecular flexibility index (Phi) is 5.71. The van der Waals surface area contributed by atoms with Crippen molar-refractivity contribution in [3.05, 3.63) is 60.7 Å². The molecule has 8 heteroatoms. The Hall–Kier alpha value is -1.25. The number of nitrogens with zero attached hydrogens (tertiary/aromatic N) is 1. The van der Waals surface area contributed by atoms with E-state index < -0.39 is 11.7 Å². The maximum atomic E-state index is 13.0. The van der Waals surface area contributed by atoms with Gasteiger partial charge in [-0.05, 0) is 56.1 Å². The first kappa shape index (κ1) is 17.1. The van der Waals surface area contributed by atoms with Crippen LogP contribution in [0.1, 0.15) is 15.9 Å². The number of carbonyl (C=O) groups excluding carboxylic acids is 1. The van der Waals surface area contributed by atoms with Gasteiger partial charge in [0.1, 0.15) is 11.6 Å². The molecular weight excluding hydrogens is 487 g/mol. The average Bonchev–Trinajstić information content (AvgIpc) is 2.48. The van der Waals surface area contributed by atoms with Crippen molar-refractivity contribution < 1.29 is 14.3 Å². The fourth-order valence-corrected chi connectivity index (χ4v) is 3.89. The van der Waals surface area contributed by atoms with Gasteiger partial charge in [-0.25, -0.2) is 9.82 Å². The van der Waals surface area contributed by atoms with Crippen LogP contribution in [-0.4, -0.2) is 17.2 Å². The lowest BCUT2D eigenvalue weighted by molar-refractivity contribution is 0.0954. The minimum absolute atomic E-state index is 0.0149. The van der Waals surface area contributed by atoms with Crippen molar-refractivity contribution in [2.24, 2.45) is 5.10 Å². The highest BCUT2D eigenvalue weighted by molar-refractivity contribution is 9.11. The Morgan fingerprint density at radius 2 is 1.95 bits per heavy atom. The summed E-state index contributed by atoms with van der Waals surface area (Å²) in [5.41, 5.74) is 2.99. The monoisotopic (exact) mass is 492 g/mol. The van der Waals surface area contributed by atoms with E-state index in [1.165, 1.54) is 24.4 Å². The third kappa shape index (κ3) is 3.93. The molecule has 0 aliphatic carbocycles. The topological polar surface area (TPSA) is 61.7 Å². The van der Waals surface area contributed by atoms with E-state index in [0.717, 1.165) is 6.07 Å². The normalized spacial score (nSPS) is 10.9. The molecule has 0 aliphatic rings. The summed E-state index contributed by atoms with van der Waals surface area (Å²) in [6, 6.07) is 6.93. The van der Waals surface area contributed by atoms with Crippen molar-refractivity contribution in [2.75, 3.05) is 0 Å². The van der Waals surface area contributed by atoms with E-state index in [9.17, 15) is 14.3 Å². The second-order valence-electron chi connectivity index (χ2n) is 4.13. The van der Waals surface area contributed by atoms with Gasteiger partial charge in [-0.3, -0.25) is 4.79 Å². The van der Waals surface area contributed by atoms with Gasteiger partial charge in [0.15, 0.2) is 0 Å². The summed E-state index contributed by atoms with van der Waals surface area (Å²) in [6.45, 7) is 0. The molecule has 0 unspecified atom stereocenters. The molecule has 0 heterocycles. The highest BCUT2D eigenvalue weighted by Crippen LogP contribution is 2.38. The molecular formula is C14H8Br3FN2O2. The SMILES string of the molecule is O=C(N/N=C\c1c(Br)cc(Br)c(O)c1Br)c1cccc(F)c1. The molecule has 0 atom stereocenters. The van der Waals surface area contributed by atoms with Crippen LogP contribution in [0.2, 0.25) is 0 Å². The van der Waals surface area contributed by atoms with Crippen LogP contribution in [0.15, 0.2) is 48.9 Å². The quantitative estimate of drug-likeness (QED) is 0.484. The number of nitrogens with one attached hydrogen (secondary N) is 1. The Balaban J connectivity index is 2.17. The lowest BCUT2D eigenvalue weighted by atomic mass is 10.2. The van der Waals surface area contributed by atoms with Crippen LogP contribution in [0.25, 0.3) is 0 Å². The molecule has 22 heavy (non-hydrogen) atoms. The van der Waals surface area contributed by atoms with Crippen LogP contribution >= 0.6 is 47.8 Å². The molecule has 0 spiro atoms. The van der Waals surface area contributed by atoms with Gasteiger partial charge in [-0.1, -0.05) is 22.0 Å². The van der Waals surface area contributed by atoms with Gasteiger partial charge in [0.2, 0.25) is 0 Å². The number of halogens is 4. The molecule has 2 rings (SSSR count). The molecule has 0 saturated heterocycles. The highest BCUT2D eigenvalue weighted by atomic mass is 79.9. The first-order chi connectivity index (χ1) is 10.4. The number of carbonyl (C=O) groups is 1. The number of benzene rings is 2. The van der Waals surface area contributed by atoms with Crippen LogP contribution in [0.5, 0.6) is 5.75 Å². The van der Waals surface area contributed by atoms with Crippen molar-refractivity contribution >= 4 is 59.9 Å². The first-order valence-corrected chi connectivity index (χ1v) is 8.23. The average molecular weight is 495 g/mol. The summed E-state index contributed by atoms with van der Waals surface area (Å²) < 4.78 is 14.6. The Bertz CT molecular complexity index is 766. The molecule has 2 N–H and O–H groups in total. The van der Waals surface area contributed by atoms with E-state index in [2.05, 4.69) is 58.3 Å². The van der Waals surface area contributed by atoms with Crippen molar-refractivity contribution in [3.63, 3.8) is 0 Å². The zero-order valence-electron chi connectivity index (χ0n) is 10.8. The molecule has 114 valence electrons. The van der Waals surface area contributed by atoms with Crippen LogP contribution in [0.4, 0.5) is 4.39 Å². The van der Waals surface area contributed by atoms with Gasteiger partial charge < -0.3 is 5.11 Å². The summed E-state index contributed by atoms with van der Waals surface area (Å²) in [4.78, 5) is 11.8. The molecule has 0 bridgehead atoms. The van der Waals surface area contributed by atoms with Crippen molar-refractivity contribution in [2.45, 2.75) is 0 Å². The molecule has 2 aromatic carbocycles. The zero-order valence-corrected chi connectivity index (χ0v) is 15.5. The Morgan fingerprint density at radius 1 is 1.23 bits per heavy atom. The fourth-order valence-electron chi connectivity index (χ4n) is 1.56. The minimum atomic E-state index is -0.538. The molecule has 0 fully saturated rings. The summed E-state index contributed by atoms with van der Waals surface area (Å²) in [5, 5.41) is 13.6. The van der Waals surface area contributed by atoms with E-state index >= 15 is 0 Å². The molecule has 0 radical (unpaired) electrons. The van der Waals surface area contributed by atoms with Gasteiger partial charge in [-0.2, -0.15) is 5.10 Å². The number of rotatable bonds is 3. The van der Waals surface area contributed by atoms with Crippen molar-refractivity contribution in [1.82, 2.24) is 5.43 Å². The van der Waals surface area contributed by atoms with Crippen molar-refractivity contribution in [3.8, 4) is 5.75 Å². The molecule has 2 aromatic rings. The second-order valence-corrected chi connectivity index (χ2v) is 6.63. The number of phenols is 1. The zero-order chi connectivity index (χ0) is 16.3. The number of hydrogen-bond acceptors (Lipinski definition) is 3. The molecule has 0 aromatic heterocycles. The third-order valence-corrected chi connectivity index (χ3v) is 4.69. The Labute approximate surface area is 150 Å². The summed E-state index contributed by atoms with van der Waals surface area (Å²) in [5.74, 6) is -1.02. The van der Waals surface area contributed by atoms with Gasteiger partial charge in [0, 0.05) is 15.6 Å².